The highest BCUT2D eigenvalue weighted by Gasteiger charge is 2.21. The molecule has 0 bridgehead atoms. The van der Waals surface area contributed by atoms with Crippen molar-refractivity contribution in [2.24, 2.45) is 0 Å². The summed E-state index contributed by atoms with van der Waals surface area (Å²) in [7, 11) is 1.78. The van der Waals surface area contributed by atoms with Crippen molar-refractivity contribution in [2.45, 2.75) is 32.2 Å². The standard InChI is InChI=1S/C13H19N3O2/c1-10-5-3-4-6-15(10)12-7-11(14-2)8-13(9-12)16(17)18/h7-10,14H,3-6H2,1-2H3. The lowest BCUT2D eigenvalue weighted by atomic mass is 10.0. The van der Waals surface area contributed by atoms with Crippen LogP contribution in [0.3, 0.4) is 0 Å². The second-order valence-corrected chi connectivity index (χ2v) is 4.78. The van der Waals surface area contributed by atoms with E-state index in [9.17, 15) is 10.1 Å². The summed E-state index contributed by atoms with van der Waals surface area (Å²) >= 11 is 0. The number of nitro benzene ring substituents is 1. The fourth-order valence-corrected chi connectivity index (χ4v) is 2.49. The summed E-state index contributed by atoms with van der Waals surface area (Å²) in [5.74, 6) is 0. The van der Waals surface area contributed by atoms with Gasteiger partial charge >= 0.3 is 0 Å². The van der Waals surface area contributed by atoms with E-state index in [1.807, 2.05) is 6.07 Å². The lowest BCUT2D eigenvalue weighted by molar-refractivity contribution is -0.384. The molecule has 98 valence electrons. The highest BCUT2D eigenvalue weighted by molar-refractivity contribution is 5.64. The van der Waals surface area contributed by atoms with Gasteiger partial charge in [-0.05, 0) is 32.3 Å². The molecule has 1 aliphatic rings. The molecule has 18 heavy (non-hydrogen) atoms. The molecule has 0 amide bonds. The third-order valence-electron chi connectivity index (χ3n) is 3.54. The first kappa shape index (κ1) is 12.7. The molecule has 0 radical (unpaired) electrons. The molecule has 1 heterocycles. The number of hydrogen-bond acceptors (Lipinski definition) is 4. The minimum atomic E-state index is -0.334. The third-order valence-corrected chi connectivity index (χ3v) is 3.54. The molecule has 5 nitrogen and oxygen atoms in total. The molecule has 5 heteroatoms. The molecule has 0 saturated carbocycles. The van der Waals surface area contributed by atoms with Gasteiger partial charge in [0.1, 0.15) is 0 Å². The Bertz CT molecular complexity index is 448. The van der Waals surface area contributed by atoms with Crippen molar-refractivity contribution in [2.75, 3.05) is 23.8 Å². The van der Waals surface area contributed by atoms with Crippen LogP contribution >= 0.6 is 0 Å². The Balaban J connectivity index is 2.36. The van der Waals surface area contributed by atoms with Crippen LogP contribution in [0, 0.1) is 10.1 Å². The van der Waals surface area contributed by atoms with Gasteiger partial charge in [-0.2, -0.15) is 0 Å². The minimum Gasteiger partial charge on any atom is -0.388 e. The van der Waals surface area contributed by atoms with Crippen LogP contribution in [0.1, 0.15) is 26.2 Å². The van der Waals surface area contributed by atoms with Crippen LogP contribution < -0.4 is 10.2 Å². The zero-order valence-corrected chi connectivity index (χ0v) is 10.8. The number of nitro groups is 1. The van der Waals surface area contributed by atoms with Gasteiger partial charge in [0.25, 0.3) is 5.69 Å². The Kier molecular flexibility index (Phi) is 3.69. The summed E-state index contributed by atoms with van der Waals surface area (Å²) < 4.78 is 0. The second-order valence-electron chi connectivity index (χ2n) is 4.78. The fraction of sp³-hybridized carbons (Fsp3) is 0.538. The van der Waals surface area contributed by atoms with Gasteiger partial charge in [0, 0.05) is 43.1 Å². The van der Waals surface area contributed by atoms with Gasteiger partial charge in [0.05, 0.1) is 4.92 Å². The predicted octanol–water partition coefficient (Wildman–Crippen LogP) is 3.02. The smallest absolute Gasteiger partial charge is 0.273 e. The van der Waals surface area contributed by atoms with Gasteiger partial charge in [-0.25, -0.2) is 0 Å². The third kappa shape index (κ3) is 2.55. The molecular weight excluding hydrogens is 230 g/mol. The molecule has 0 aliphatic carbocycles. The SMILES string of the molecule is CNc1cc(N2CCCCC2C)cc([N+](=O)[O-])c1. The second kappa shape index (κ2) is 5.25. The maximum Gasteiger partial charge on any atom is 0.273 e. The Morgan fingerprint density at radius 3 is 2.78 bits per heavy atom. The number of nitrogens with zero attached hydrogens (tertiary/aromatic N) is 2. The van der Waals surface area contributed by atoms with Crippen molar-refractivity contribution in [1.29, 1.82) is 0 Å². The van der Waals surface area contributed by atoms with Crippen molar-refractivity contribution >= 4 is 17.1 Å². The molecule has 1 aromatic carbocycles. The first-order valence-electron chi connectivity index (χ1n) is 6.35. The van der Waals surface area contributed by atoms with Gasteiger partial charge < -0.3 is 10.2 Å². The van der Waals surface area contributed by atoms with Crippen LogP contribution in [0.15, 0.2) is 18.2 Å². The lowest BCUT2D eigenvalue weighted by Crippen LogP contribution is -2.37. The highest BCUT2D eigenvalue weighted by Crippen LogP contribution is 2.30. The lowest BCUT2D eigenvalue weighted by Gasteiger charge is -2.35. The Labute approximate surface area is 107 Å². The van der Waals surface area contributed by atoms with Crippen molar-refractivity contribution in [3.8, 4) is 0 Å². The average molecular weight is 249 g/mol. The van der Waals surface area contributed by atoms with Crippen molar-refractivity contribution in [3.63, 3.8) is 0 Å². The Morgan fingerprint density at radius 2 is 2.17 bits per heavy atom. The topological polar surface area (TPSA) is 58.4 Å². The molecule has 0 aromatic heterocycles. The van der Waals surface area contributed by atoms with Gasteiger partial charge in [0.15, 0.2) is 0 Å². The molecule has 1 atom stereocenters. The zero-order chi connectivity index (χ0) is 13.1. The summed E-state index contributed by atoms with van der Waals surface area (Å²) in [5.41, 5.74) is 1.88. The highest BCUT2D eigenvalue weighted by atomic mass is 16.6. The summed E-state index contributed by atoms with van der Waals surface area (Å²) in [6.07, 6.45) is 3.55. The summed E-state index contributed by atoms with van der Waals surface area (Å²) in [6, 6.07) is 5.67. The van der Waals surface area contributed by atoms with Gasteiger partial charge in [-0.15, -0.1) is 0 Å². The molecule has 0 spiro atoms. The van der Waals surface area contributed by atoms with Crippen LogP contribution in [0.25, 0.3) is 0 Å². The molecule has 1 saturated heterocycles. The van der Waals surface area contributed by atoms with E-state index < -0.39 is 0 Å². The van der Waals surface area contributed by atoms with Crippen molar-refractivity contribution in [1.82, 2.24) is 0 Å². The number of benzene rings is 1. The van der Waals surface area contributed by atoms with E-state index in [0.717, 1.165) is 30.8 Å². The fourth-order valence-electron chi connectivity index (χ4n) is 2.49. The number of non-ortho nitro benzene ring substituents is 1. The van der Waals surface area contributed by atoms with Gasteiger partial charge in [0.2, 0.25) is 0 Å². The Hall–Kier alpha value is -1.78. The van der Waals surface area contributed by atoms with Crippen LogP contribution in [0.4, 0.5) is 17.1 Å². The quantitative estimate of drug-likeness (QED) is 0.660. The first-order valence-corrected chi connectivity index (χ1v) is 6.35. The minimum absolute atomic E-state index is 0.148. The van der Waals surface area contributed by atoms with Crippen LogP contribution in [0.5, 0.6) is 0 Å². The maximum atomic E-state index is 10.9. The van der Waals surface area contributed by atoms with E-state index >= 15 is 0 Å². The van der Waals surface area contributed by atoms with E-state index in [2.05, 4.69) is 17.1 Å². The molecule has 1 fully saturated rings. The predicted molar refractivity (Wildman–Crippen MR) is 73.3 cm³/mol. The summed E-state index contributed by atoms with van der Waals surface area (Å²) in [5, 5.41) is 13.9. The van der Waals surface area contributed by atoms with E-state index in [-0.39, 0.29) is 10.6 Å². The number of nitrogens with one attached hydrogen (secondary N) is 1. The molecule has 1 aliphatic heterocycles. The molecule has 2 rings (SSSR count). The largest absolute Gasteiger partial charge is 0.388 e. The summed E-state index contributed by atoms with van der Waals surface area (Å²) in [4.78, 5) is 12.9. The zero-order valence-electron chi connectivity index (χ0n) is 10.8. The summed E-state index contributed by atoms with van der Waals surface area (Å²) in [6.45, 7) is 3.16. The van der Waals surface area contributed by atoms with E-state index in [0.29, 0.717) is 6.04 Å². The van der Waals surface area contributed by atoms with Gasteiger partial charge in [-0.1, -0.05) is 0 Å². The monoisotopic (exact) mass is 249 g/mol. The van der Waals surface area contributed by atoms with Gasteiger partial charge in [-0.3, -0.25) is 10.1 Å². The van der Waals surface area contributed by atoms with Crippen molar-refractivity contribution in [3.05, 3.63) is 28.3 Å². The van der Waals surface area contributed by atoms with E-state index in [1.54, 1.807) is 19.2 Å². The normalized spacial score (nSPS) is 19.7. The number of piperidine rings is 1. The average Bonchev–Trinajstić information content (AvgIpc) is 2.38. The van der Waals surface area contributed by atoms with Crippen LogP contribution in [-0.4, -0.2) is 24.6 Å². The molecular formula is C13H19N3O2. The van der Waals surface area contributed by atoms with Crippen molar-refractivity contribution < 1.29 is 4.92 Å². The van der Waals surface area contributed by atoms with Crippen LogP contribution in [0.2, 0.25) is 0 Å². The number of hydrogen-bond donors (Lipinski definition) is 1. The maximum absolute atomic E-state index is 10.9. The number of anilines is 2. The molecule has 1 unspecified atom stereocenters. The van der Waals surface area contributed by atoms with E-state index in [1.165, 1.54) is 6.42 Å². The Morgan fingerprint density at radius 1 is 1.39 bits per heavy atom. The molecule has 1 N–H and O–H groups in total. The molecule has 1 aromatic rings. The van der Waals surface area contributed by atoms with Crippen LogP contribution in [-0.2, 0) is 0 Å². The van der Waals surface area contributed by atoms with E-state index in [4.69, 9.17) is 0 Å². The number of rotatable bonds is 3. The first-order chi connectivity index (χ1) is 8.61.